The van der Waals surface area contributed by atoms with Crippen LogP contribution in [-0.2, 0) is 30.7 Å². The van der Waals surface area contributed by atoms with Crippen LogP contribution in [0.2, 0.25) is 0 Å². The van der Waals surface area contributed by atoms with Crippen molar-refractivity contribution in [1.82, 2.24) is 14.3 Å². The molecule has 0 bridgehead atoms. The van der Waals surface area contributed by atoms with E-state index in [1.165, 1.54) is 91.6 Å². The molecule has 2 saturated carbocycles. The molecule has 202 valence electrons. The van der Waals surface area contributed by atoms with Gasteiger partial charge in [0, 0.05) is 66.7 Å². The van der Waals surface area contributed by atoms with Crippen molar-refractivity contribution in [3.8, 4) is 0 Å². The zero-order valence-corrected chi connectivity index (χ0v) is 26.4. The van der Waals surface area contributed by atoms with Crippen LogP contribution >= 0.6 is 11.5 Å². The molecular weight excluding hydrogens is 640 g/mol. The van der Waals surface area contributed by atoms with E-state index in [9.17, 15) is 4.79 Å². The zero-order valence-electron chi connectivity index (χ0n) is 22.6. The van der Waals surface area contributed by atoms with Crippen LogP contribution in [0.1, 0.15) is 77.0 Å². The molecule has 3 fully saturated rings. The van der Waals surface area contributed by atoms with Crippen molar-refractivity contribution < 1.29 is 30.7 Å². The van der Waals surface area contributed by atoms with E-state index in [-0.39, 0.29) is 27.0 Å². The normalized spacial score (nSPS) is 18.9. The number of rotatable bonds is 4. The quantitative estimate of drug-likeness (QED) is 0.349. The maximum absolute atomic E-state index is 11.3. The summed E-state index contributed by atoms with van der Waals surface area (Å²) >= 11 is 1.60. The Morgan fingerprint density at radius 2 is 1.50 bits per heavy atom. The van der Waals surface area contributed by atoms with Crippen LogP contribution in [0.3, 0.4) is 0 Å². The third kappa shape index (κ3) is 11.2. The SMILES string of the molecule is C1CCCCC1.CN(C)OC(=O)CC1CCCCC1.CN1CCN(c2nsc3ccccc23)CC1.[W]. The van der Waals surface area contributed by atoms with Crippen molar-refractivity contribution >= 4 is 33.4 Å². The van der Waals surface area contributed by atoms with Crippen LogP contribution in [0.25, 0.3) is 10.1 Å². The number of hydroxylamine groups is 2. The van der Waals surface area contributed by atoms with Crippen LogP contribution in [0, 0.1) is 5.92 Å². The third-order valence-corrected chi connectivity index (χ3v) is 7.94. The maximum Gasteiger partial charge on any atom is 0.325 e. The monoisotopic (exact) mass is 686 g/mol. The van der Waals surface area contributed by atoms with E-state index in [1.807, 2.05) is 0 Å². The van der Waals surface area contributed by atoms with Gasteiger partial charge in [-0.1, -0.05) is 69.9 Å². The van der Waals surface area contributed by atoms with Gasteiger partial charge in [-0.2, -0.15) is 4.37 Å². The molecule has 36 heavy (non-hydrogen) atoms. The second-order valence-corrected chi connectivity index (χ2v) is 11.2. The molecule has 0 radical (unpaired) electrons. The Morgan fingerprint density at radius 3 is 2.08 bits per heavy atom. The summed E-state index contributed by atoms with van der Waals surface area (Å²) in [7, 11) is 5.65. The summed E-state index contributed by atoms with van der Waals surface area (Å²) in [6.07, 6.45) is 15.9. The van der Waals surface area contributed by atoms with E-state index >= 15 is 0 Å². The van der Waals surface area contributed by atoms with Crippen molar-refractivity contribution in [2.24, 2.45) is 5.92 Å². The Labute approximate surface area is 237 Å². The van der Waals surface area contributed by atoms with Gasteiger partial charge in [-0.3, -0.25) is 4.79 Å². The Morgan fingerprint density at radius 1 is 0.944 bits per heavy atom. The molecule has 8 heteroatoms. The largest absolute Gasteiger partial charge is 0.368 e. The van der Waals surface area contributed by atoms with Gasteiger partial charge >= 0.3 is 5.97 Å². The molecule has 2 heterocycles. The number of aromatic nitrogens is 1. The molecule has 1 aromatic carbocycles. The molecule has 1 aliphatic heterocycles. The van der Waals surface area contributed by atoms with Gasteiger partial charge in [-0.25, -0.2) is 0 Å². The fourth-order valence-electron chi connectivity index (χ4n) is 5.05. The van der Waals surface area contributed by atoms with E-state index < -0.39 is 0 Å². The first kappa shape index (κ1) is 31.2. The fraction of sp³-hybridized carbons (Fsp3) is 0.714. The standard InChI is InChI=1S/C12H15N3S.C10H19NO2.C6H12.W/c1-14-6-8-15(9-7-14)12-10-4-2-3-5-11(10)16-13-12;1-11(2)13-10(12)8-9-6-4-3-5-7-9;1-2-4-6-5-3-1;/h2-5H,6-9H2,1H3;9H,3-8H2,1-2H3;1-6H2;. The minimum absolute atomic E-state index is 0. The molecule has 0 atom stereocenters. The number of hydrogen-bond acceptors (Lipinski definition) is 7. The van der Waals surface area contributed by atoms with E-state index in [2.05, 4.69) is 45.5 Å². The first-order valence-electron chi connectivity index (χ1n) is 13.7. The van der Waals surface area contributed by atoms with Crippen molar-refractivity contribution in [3.63, 3.8) is 0 Å². The van der Waals surface area contributed by atoms with Crippen LogP contribution < -0.4 is 4.90 Å². The molecule has 1 aromatic heterocycles. The summed E-state index contributed by atoms with van der Waals surface area (Å²) in [5, 5.41) is 2.77. The molecule has 6 nitrogen and oxygen atoms in total. The molecule has 3 aliphatic rings. The number of piperazine rings is 1. The number of likely N-dealkylation sites (N-methyl/N-ethyl adjacent to an activating group) is 1. The molecule has 0 unspecified atom stereocenters. The molecule has 2 aliphatic carbocycles. The molecule has 1 saturated heterocycles. The second-order valence-electron chi connectivity index (χ2n) is 10.4. The smallest absolute Gasteiger partial charge is 0.325 e. The average Bonchev–Trinajstić information content (AvgIpc) is 3.31. The topological polar surface area (TPSA) is 48.9 Å². The molecule has 0 N–H and O–H groups in total. The van der Waals surface area contributed by atoms with E-state index in [4.69, 9.17) is 4.84 Å². The van der Waals surface area contributed by atoms with Gasteiger partial charge in [0.15, 0.2) is 0 Å². The molecule has 5 rings (SSSR count). The summed E-state index contributed by atoms with van der Waals surface area (Å²) in [5.74, 6) is 1.66. The minimum Gasteiger partial charge on any atom is -0.368 e. The summed E-state index contributed by atoms with van der Waals surface area (Å²) in [5.41, 5.74) is 0. The van der Waals surface area contributed by atoms with Gasteiger partial charge in [0.2, 0.25) is 0 Å². The van der Waals surface area contributed by atoms with Gasteiger partial charge < -0.3 is 14.6 Å². The molecule has 2 aromatic rings. The maximum atomic E-state index is 11.3. The van der Waals surface area contributed by atoms with Crippen LogP contribution in [-0.4, -0.2) is 67.6 Å². The van der Waals surface area contributed by atoms with Crippen molar-refractivity contribution in [2.45, 2.75) is 77.0 Å². The third-order valence-electron chi connectivity index (χ3n) is 7.13. The van der Waals surface area contributed by atoms with E-state index in [1.54, 1.807) is 25.6 Å². The number of nitrogens with zero attached hydrogens (tertiary/aromatic N) is 4. The number of carbonyl (C=O) groups excluding carboxylic acids is 1. The van der Waals surface area contributed by atoms with Crippen LogP contribution in [0.15, 0.2) is 24.3 Å². The van der Waals surface area contributed by atoms with Crippen molar-refractivity contribution in [3.05, 3.63) is 24.3 Å². The Bertz CT molecular complexity index is 849. The predicted octanol–water partition coefficient (Wildman–Crippen LogP) is 6.36. The van der Waals surface area contributed by atoms with Crippen LogP contribution in [0.5, 0.6) is 0 Å². The molecule has 0 amide bonds. The summed E-state index contributed by atoms with van der Waals surface area (Å²) < 4.78 is 5.88. The number of hydrogen-bond donors (Lipinski definition) is 0. The van der Waals surface area contributed by atoms with Crippen molar-refractivity contribution in [2.75, 3.05) is 52.2 Å². The number of anilines is 1. The van der Waals surface area contributed by atoms with Gasteiger partial charge in [0.1, 0.15) is 5.82 Å². The first-order chi connectivity index (χ1) is 17.0. The Hall–Kier alpha value is -1.01. The Kier molecular flexibility index (Phi) is 15.2. The molecular formula is C28H46N4O2SW. The van der Waals surface area contributed by atoms with Gasteiger partial charge in [0.05, 0.1) is 11.1 Å². The first-order valence-corrected chi connectivity index (χ1v) is 14.5. The number of fused-ring (bicyclic) bond motifs is 1. The van der Waals surface area contributed by atoms with Gasteiger partial charge in [0.25, 0.3) is 0 Å². The summed E-state index contributed by atoms with van der Waals surface area (Å²) in [4.78, 5) is 21.0. The van der Waals surface area contributed by atoms with Crippen LogP contribution in [0.4, 0.5) is 5.82 Å². The molecule has 0 spiro atoms. The van der Waals surface area contributed by atoms with E-state index in [0.29, 0.717) is 12.3 Å². The summed E-state index contributed by atoms with van der Waals surface area (Å²) in [6, 6.07) is 8.49. The second kappa shape index (κ2) is 17.5. The predicted molar refractivity (Wildman–Crippen MR) is 148 cm³/mol. The zero-order chi connectivity index (χ0) is 24.9. The van der Waals surface area contributed by atoms with E-state index in [0.717, 1.165) is 26.2 Å². The van der Waals surface area contributed by atoms with Gasteiger partial charge in [-0.05, 0) is 49.5 Å². The Balaban J connectivity index is 0.000000205. The number of benzene rings is 1. The average molecular weight is 687 g/mol. The van der Waals surface area contributed by atoms with Crippen molar-refractivity contribution in [1.29, 1.82) is 0 Å². The number of carbonyl (C=O) groups is 1. The fourth-order valence-corrected chi connectivity index (χ4v) is 5.84. The van der Waals surface area contributed by atoms with Gasteiger partial charge in [-0.15, -0.1) is 5.06 Å². The summed E-state index contributed by atoms with van der Waals surface area (Å²) in [6.45, 7) is 4.44. The minimum atomic E-state index is -0.0862.